The maximum atomic E-state index is 12.2. The Bertz CT molecular complexity index is 440. The fourth-order valence-corrected chi connectivity index (χ4v) is 3.22. The zero-order valence-electron chi connectivity index (χ0n) is 10.3. The van der Waals surface area contributed by atoms with Crippen LogP contribution in [0.1, 0.15) is 29.8 Å². The fourth-order valence-electron chi connectivity index (χ4n) is 2.92. The van der Waals surface area contributed by atoms with E-state index >= 15 is 0 Å². The second-order valence-corrected chi connectivity index (χ2v) is 5.82. The first-order chi connectivity index (χ1) is 8.74. The highest BCUT2D eigenvalue weighted by Gasteiger charge is 2.32. The molecule has 5 heteroatoms. The number of amides is 1. The third kappa shape index (κ3) is 2.34. The maximum Gasteiger partial charge on any atom is 0.289 e. The molecule has 18 heavy (non-hydrogen) atoms. The molecule has 4 nitrogen and oxygen atoms in total. The van der Waals surface area contributed by atoms with Crippen LogP contribution in [-0.2, 0) is 0 Å². The van der Waals surface area contributed by atoms with Crippen molar-refractivity contribution in [2.45, 2.75) is 25.3 Å². The monoisotopic (exact) mass is 312 g/mol. The minimum atomic E-state index is 0.0161. The van der Waals surface area contributed by atoms with E-state index in [1.165, 1.54) is 25.9 Å². The lowest BCUT2D eigenvalue weighted by Gasteiger charge is -2.23. The van der Waals surface area contributed by atoms with Gasteiger partial charge in [0, 0.05) is 19.1 Å². The Morgan fingerprint density at radius 2 is 2.06 bits per heavy atom. The summed E-state index contributed by atoms with van der Waals surface area (Å²) in [6.45, 7) is 4.08. The lowest BCUT2D eigenvalue weighted by atomic mass is 10.2. The molecule has 0 spiro atoms. The van der Waals surface area contributed by atoms with E-state index in [9.17, 15) is 4.79 Å². The van der Waals surface area contributed by atoms with Crippen LogP contribution < -0.4 is 0 Å². The van der Waals surface area contributed by atoms with Crippen LogP contribution >= 0.6 is 15.9 Å². The molecule has 0 N–H and O–H groups in total. The highest BCUT2D eigenvalue weighted by Crippen LogP contribution is 2.23. The van der Waals surface area contributed by atoms with Gasteiger partial charge >= 0.3 is 0 Å². The van der Waals surface area contributed by atoms with Gasteiger partial charge in [0.1, 0.15) is 0 Å². The van der Waals surface area contributed by atoms with Gasteiger partial charge in [-0.05, 0) is 60.4 Å². The third-order valence-electron chi connectivity index (χ3n) is 3.89. The van der Waals surface area contributed by atoms with E-state index in [0.29, 0.717) is 16.5 Å². The number of hydrogen-bond acceptors (Lipinski definition) is 3. The molecule has 1 unspecified atom stereocenters. The molecular formula is C13H17BrN2O2. The number of likely N-dealkylation sites (tertiary alicyclic amines) is 2. The van der Waals surface area contributed by atoms with E-state index in [2.05, 4.69) is 20.8 Å². The molecule has 1 aromatic rings. The normalized spacial score (nSPS) is 24.9. The minimum Gasteiger partial charge on any atom is -0.444 e. The Morgan fingerprint density at radius 1 is 1.28 bits per heavy atom. The molecule has 0 bridgehead atoms. The molecule has 0 aliphatic carbocycles. The smallest absolute Gasteiger partial charge is 0.289 e. The molecule has 1 atom stereocenters. The molecule has 0 aromatic carbocycles. The molecule has 0 radical (unpaired) electrons. The molecule has 1 amide bonds. The number of hydrogen-bond donors (Lipinski definition) is 0. The van der Waals surface area contributed by atoms with Crippen molar-refractivity contribution in [3.05, 3.63) is 22.6 Å². The van der Waals surface area contributed by atoms with Crippen molar-refractivity contribution >= 4 is 21.8 Å². The number of carbonyl (C=O) groups excluding carboxylic acids is 1. The molecule has 98 valence electrons. The van der Waals surface area contributed by atoms with Gasteiger partial charge in [-0.1, -0.05) is 0 Å². The molecule has 1 aromatic heterocycles. The van der Waals surface area contributed by atoms with Gasteiger partial charge in [0.25, 0.3) is 5.91 Å². The van der Waals surface area contributed by atoms with Crippen molar-refractivity contribution in [1.29, 1.82) is 0 Å². The topological polar surface area (TPSA) is 36.7 Å². The summed E-state index contributed by atoms with van der Waals surface area (Å²) in [6, 6.07) is 4.05. The zero-order chi connectivity index (χ0) is 12.5. The summed E-state index contributed by atoms with van der Waals surface area (Å²) in [5.74, 6) is 0.450. The first kappa shape index (κ1) is 12.2. The van der Waals surface area contributed by atoms with Crippen molar-refractivity contribution in [3.63, 3.8) is 0 Å². The third-order valence-corrected chi connectivity index (χ3v) is 4.32. The minimum absolute atomic E-state index is 0.0161. The van der Waals surface area contributed by atoms with Crippen molar-refractivity contribution in [3.8, 4) is 0 Å². The molecule has 0 saturated carbocycles. The Morgan fingerprint density at radius 3 is 2.72 bits per heavy atom. The number of furan rings is 1. The van der Waals surface area contributed by atoms with Crippen LogP contribution in [-0.4, -0.2) is 47.9 Å². The molecule has 2 aliphatic rings. The number of halogens is 1. The van der Waals surface area contributed by atoms with Crippen LogP contribution in [0.15, 0.2) is 21.2 Å². The quantitative estimate of drug-likeness (QED) is 0.841. The highest BCUT2D eigenvalue weighted by atomic mass is 79.9. The van der Waals surface area contributed by atoms with E-state index in [1.54, 1.807) is 12.1 Å². The van der Waals surface area contributed by atoms with Crippen LogP contribution in [0.2, 0.25) is 0 Å². The van der Waals surface area contributed by atoms with Crippen LogP contribution in [0.4, 0.5) is 0 Å². The lowest BCUT2D eigenvalue weighted by Crippen LogP contribution is -2.37. The Hall–Kier alpha value is -0.810. The van der Waals surface area contributed by atoms with Gasteiger partial charge < -0.3 is 9.32 Å². The van der Waals surface area contributed by atoms with Crippen molar-refractivity contribution < 1.29 is 9.21 Å². The average Bonchev–Trinajstić information content (AvgIpc) is 3.09. The molecule has 3 rings (SSSR count). The molecular weight excluding hydrogens is 296 g/mol. The number of nitrogens with zero attached hydrogens (tertiary/aromatic N) is 2. The van der Waals surface area contributed by atoms with Crippen LogP contribution in [0.25, 0.3) is 0 Å². The SMILES string of the molecule is O=C(c1ccc(Br)o1)N1CCC(N2CCCC2)C1. The average molecular weight is 313 g/mol. The predicted molar refractivity (Wildman–Crippen MR) is 71.5 cm³/mol. The highest BCUT2D eigenvalue weighted by molar-refractivity contribution is 9.10. The largest absolute Gasteiger partial charge is 0.444 e. The Labute approximate surface area is 115 Å². The predicted octanol–water partition coefficient (Wildman–Crippen LogP) is 2.35. The second kappa shape index (κ2) is 5.05. The van der Waals surface area contributed by atoms with E-state index in [-0.39, 0.29) is 5.91 Å². The summed E-state index contributed by atoms with van der Waals surface area (Å²) in [6.07, 6.45) is 3.69. The Balaban J connectivity index is 1.63. The van der Waals surface area contributed by atoms with Gasteiger partial charge in [-0.3, -0.25) is 9.69 Å². The van der Waals surface area contributed by atoms with E-state index in [0.717, 1.165) is 19.5 Å². The van der Waals surface area contributed by atoms with Gasteiger partial charge in [0.2, 0.25) is 0 Å². The fraction of sp³-hybridized carbons (Fsp3) is 0.615. The summed E-state index contributed by atoms with van der Waals surface area (Å²) < 4.78 is 5.94. The van der Waals surface area contributed by atoms with Gasteiger partial charge in [-0.2, -0.15) is 0 Å². The first-order valence-electron chi connectivity index (χ1n) is 6.53. The molecule has 2 fully saturated rings. The standard InChI is InChI=1S/C13H17BrN2O2/c14-12-4-3-11(18-12)13(17)16-8-5-10(9-16)15-6-1-2-7-15/h3-4,10H,1-2,5-9H2. The van der Waals surface area contributed by atoms with E-state index in [4.69, 9.17) is 4.42 Å². The number of carbonyl (C=O) groups is 1. The summed E-state index contributed by atoms with van der Waals surface area (Å²) in [7, 11) is 0. The second-order valence-electron chi connectivity index (χ2n) is 5.04. The summed E-state index contributed by atoms with van der Waals surface area (Å²) in [5, 5.41) is 0. The molecule has 2 aliphatic heterocycles. The molecule has 2 saturated heterocycles. The summed E-state index contributed by atoms with van der Waals surface area (Å²) in [5.41, 5.74) is 0. The van der Waals surface area contributed by atoms with Gasteiger partial charge in [0.15, 0.2) is 10.4 Å². The van der Waals surface area contributed by atoms with Gasteiger partial charge in [0.05, 0.1) is 0 Å². The van der Waals surface area contributed by atoms with Crippen molar-refractivity contribution in [2.75, 3.05) is 26.2 Å². The number of rotatable bonds is 2. The Kier molecular flexibility index (Phi) is 3.43. The molecule has 3 heterocycles. The van der Waals surface area contributed by atoms with Crippen LogP contribution in [0.5, 0.6) is 0 Å². The van der Waals surface area contributed by atoms with E-state index in [1.807, 2.05) is 4.90 Å². The van der Waals surface area contributed by atoms with Crippen molar-refractivity contribution in [1.82, 2.24) is 9.80 Å². The first-order valence-corrected chi connectivity index (χ1v) is 7.32. The zero-order valence-corrected chi connectivity index (χ0v) is 11.9. The summed E-state index contributed by atoms with van der Waals surface area (Å²) >= 11 is 3.23. The van der Waals surface area contributed by atoms with Gasteiger partial charge in [-0.25, -0.2) is 0 Å². The van der Waals surface area contributed by atoms with Gasteiger partial charge in [-0.15, -0.1) is 0 Å². The summed E-state index contributed by atoms with van der Waals surface area (Å²) in [4.78, 5) is 16.6. The maximum absolute atomic E-state index is 12.2. The van der Waals surface area contributed by atoms with Crippen molar-refractivity contribution in [2.24, 2.45) is 0 Å². The van der Waals surface area contributed by atoms with E-state index < -0.39 is 0 Å². The van der Waals surface area contributed by atoms with Crippen LogP contribution in [0, 0.1) is 0 Å². The lowest BCUT2D eigenvalue weighted by molar-refractivity contribution is 0.0747. The van der Waals surface area contributed by atoms with Crippen LogP contribution in [0.3, 0.4) is 0 Å².